The van der Waals surface area contributed by atoms with Crippen LogP contribution in [0.3, 0.4) is 0 Å². The Morgan fingerprint density at radius 2 is 1.74 bits per heavy atom. The molecule has 0 aliphatic rings. The molecule has 138 valence electrons. The number of amides is 2. The molecule has 7 nitrogen and oxygen atoms in total. The average Bonchev–Trinajstić information content (AvgIpc) is 3.10. The van der Waals surface area contributed by atoms with E-state index < -0.39 is 0 Å². The number of carbonyl (C=O) groups is 2. The molecule has 27 heavy (non-hydrogen) atoms. The number of benzene rings is 2. The number of carbonyl (C=O) groups excluding carboxylic acids is 2. The fourth-order valence-corrected chi connectivity index (χ4v) is 2.60. The second kappa shape index (κ2) is 7.82. The number of hydrogen-bond acceptors (Lipinski definition) is 4. The number of aryl methyl sites for hydroxylation is 2. The first-order chi connectivity index (χ1) is 13.0. The lowest BCUT2D eigenvalue weighted by molar-refractivity contribution is 0.0954. The lowest BCUT2D eigenvalue weighted by atomic mass is 10.1. The Labute approximate surface area is 157 Å². The minimum atomic E-state index is -0.244. The Balaban J connectivity index is 1.77. The summed E-state index contributed by atoms with van der Waals surface area (Å²) in [6.45, 7) is 4.29. The first-order valence-electron chi connectivity index (χ1n) is 8.64. The van der Waals surface area contributed by atoms with Gasteiger partial charge in [-0.15, -0.1) is 0 Å². The van der Waals surface area contributed by atoms with E-state index in [2.05, 4.69) is 20.7 Å². The Kier molecular flexibility index (Phi) is 5.30. The molecule has 0 aliphatic heterocycles. The molecule has 3 aromatic rings. The third kappa shape index (κ3) is 4.20. The van der Waals surface area contributed by atoms with Gasteiger partial charge in [0.25, 0.3) is 11.8 Å². The SMILES string of the molecule is CCNC(=O)c1ccc(C)c(NC(=O)c2ccc(-c3ncn(C)n3)cc2)c1. The van der Waals surface area contributed by atoms with Gasteiger partial charge in [0.05, 0.1) is 0 Å². The summed E-state index contributed by atoms with van der Waals surface area (Å²) in [5.74, 6) is 0.196. The van der Waals surface area contributed by atoms with Crippen LogP contribution in [0.25, 0.3) is 11.4 Å². The molecule has 0 unspecified atom stereocenters. The van der Waals surface area contributed by atoms with E-state index in [-0.39, 0.29) is 11.8 Å². The van der Waals surface area contributed by atoms with Crippen molar-refractivity contribution in [1.82, 2.24) is 20.1 Å². The highest BCUT2D eigenvalue weighted by atomic mass is 16.2. The number of nitrogens with one attached hydrogen (secondary N) is 2. The number of nitrogens with zero attached hydrogens (tertiary/aromatic N) is 3. The average molecular weight is 363 g/mol. The summed E-state index contributed by atoms with van der Waals surface area (Å²) in [4.78, 5) is 28.8. The lowest BCUT2D eigenvalue weighted by Crippen LogP contribution is -2.23. The van der Waals surface area contributed by atoms with Crippen molar-refractivity contribution in [3.8, 4) is 11.4 Å². The molecule has 0 atom stereocenters. The molecule has 0 saturated heterocycles. The van der Waals surface area contributed by atoms with Crippen molar-refractivity contribution in [2.45, 2.75) is 13.8 Å². The topological polar surface area (TPSA) is 88.9 Å². The normalized spacial score (nSPS) is 10.5. The van der Waals surface area contributed by atoms with Gasteiger partial charge in [0, 0.05) is 36.0 Å². The maximum absolute atomic E-state index is 12.6. The summed E-state index contributed by atoms with van der Waals surface area (Å²) in [7, 11) is 1.80. The van der Waals surface area contributed by atoms with Crippen LogP contribution in [0.1, 0.15) is 33.2 Å². The molecule has 1 heterocycles. The first-order valence-corrected chi connectivity index (χ1v) is 8.64. The van der Waals surface area contributed by atoms with E-state index in [1.807, 2.05) is 32.0 Å². The van der Waals surface area contributed by atoms with Crippen molar-refractivity contribution in [2.75, 3.05) is 11.9 Å². The summed E-state index contributed by atoms with van der Waals surface area (Å²) >= 11 is 0. The van der Waals surface area contributed by atoms with Crippen LogP contribution in [0.5, 0.6) is 0 Å². The molecule has 0 spiro atoms. The van der Waals surface area contributed by atoms with Crippen molar-refractivity contribution < 1.29 is 9.59 Å². The summed E-state index contributed by atoms with van der Waals surface area (Å²) < 4.78 is 1.63. The van der Waals surface area contributed by atoms with E-state index in [9.17, 15) is 9.59 Å². The second-order valence-corrected chi connectivity index (χ2v) is 6.16. The number of hydrogen-bond donors (Lipinski definition) is 2. The zero-order chi connectivity index (χ0) is 19.4. The standard InChI is InChI=1S/C20H21N5O2/c1-4-21-19(26)16-6-5-13(2)17(11-16)23-20(27)15-9-7-14(8-10-15)18-22-12-25(3)24-18/h5-12H,4H2,1-3H3,(H,21,26)(H,23,27). The lowest BCUT2D eigenvalue weighted by Gasteiger charge is -2.11. The van der Waals surface area contributed by atoms with E-state index in [0.29, 0.717) is 29.2 Å². The molecule has 0 bridgehead atoms. The number of aromatic nitrogens is 3. The summed E-state index contributed by atoms with van der Waals surface area (Å²) in [6, 6.07) is 12.3. The van der Waals surface area contributed by atoms with Gasteiger partial charge in [0.1, 0.15) is 6.33 Å². The molecule has 2 aromatic carbocycles. The van der Waals surface area contributed by atoms with Crippen LogP contribution < -0.4 is 10.6 Å². The highest BCUT2D eigenvalue weighted by Gasteiger charge is 2.12. The summed E-state index contributed by atoms with van der Waals surface area (Å²) in [5.41, 5.74) is 3.35. The van der Waals surface area contributed by atoms with Crippen LogP contribution in [-0.4, -0.2) is 33.1 Å². The molecule has 7 heteroatoms. The molecule has 0 radical (unpaired) electrons. The molecule has 0 fully saturated rings. The fraction of sp³-hybridized carbons (Fsp3) is 0.200. The fourth-order valence-electron chi connectivity index (χ4n) is 2.60. The van der Waals surface area contributed by atoms with Gasteiger partial charge in [-0.2, -0.15) is 5.10 Å². The largest absolute Gasteiger partial charge is 0.352 e. The maximum Gasteiger partial charge on any atom is 0.255 e. The van der Waals surface area contributed by atoms with E-state index in [1.165, 1.54) is 0 Å². The van der Waals surface area contributed by atoms with Gasteiger partial charge in [-0.25, -0.2) is 4.98 Å². The molecular weight excluding hydrogens is 342 g/mol. The van der Waals surface area contributed by atoms with E-state index in [0.717, 1.165) is 11.1 Å². The smallest absolute Gasteiger partial charge is 0.255 e. The Morgan fingerprint density at radius 1 is 1.04 bits per heavy atom. The molecule has 3 rings (SSSR count). The van der Waals surface area contributed by atoms with Gasteiger partial charge in [0.2, 0.25) is 0 Å². The quantitative estimate of drug-likeness (QED) is 0.729. The van der Waals surface area contributed by atoms with Crippen LogP contribution in [0, 0.1) is 6.92 Å². The molecule has 0 aliphatic carbocycles. The van der Waals surface area contributed by atoms with Crippen LogP contribution in [0.4, 0.5) is 5.69 Å². The monoisotopic (exact) mass is 363 g/mol. The summed E-state index contributed by atoms with van der Waals surface area (Å²) in [5, 5.41) is 9.87. The van der Waals surface area contributed by atoms with Crippen LogP contribution >= 0.6 is 0 Å². The van der Waals surface area contributed by atoms with Gasteiger partial charge in [-0.05, 0) is 43.7 Å². The van der Waals surface area contributed by atoms with Crippen molar-refractivity contribution in [1.29, 1.82) is 0 Å². The predicted octanol–water partition coefficient (Wildman–Crippen LogP) is 2.79. The van der Waals surface area contributed by atoms with Gasteiger partial charge in [-0.1, -0.05) is 18.2 Å². The first kappa shape index (κ1) is 18.3. The highest BCUT2D eigenvalue weighted by Crippen LogP contribution is 2.19. The third-order valence-electron chi connectivity index (χ3n) is 4.09. The van der Waals surface area contributed by atoms with E-state index >= 15 is 0 Å². The third-order valence-corrected chi connectivity index (χ3v) is 4.09. The van der Waals surface area contributed by atoms with E-state index in [1.54, 1.807) is 42.3 Å². The van der Waals surface area contributed by atoms with Gasteiger partial charge < -0.3 is 10.6 Å². The van der Waals surface area contributed by atoms with Gasteiger partial charge >= 0.3 is 0 Å². The van der Waals surface area contributed by atoms with Crippen molar-refractivity contribution >= 4 is 17.5 Å². The van der Waals surface area contributed by atoms with Crippen molar-refractivity contribution in [2.24, 2.45) is 7.05 Å². The maximum atomic E-state index is 12.6. The van der Waals surface area contributed by atoms with Crippen LogP contribution in [0.15, 0.2) is 48.8 Å². The number of rotatable bonds is 5. The second-order valence-electron chi connectivity index (χ2n) is 6.16. The Bertz CT molecular complexity index is 976. The van der Waals surface area contributed by atoms with Crippen LogP contribution in [0.2, 0.25) is 0 Å². The minimum Gasteiger partial charge on any atom is -0.352 e. The number of anilines is 1. The minimum absolute atomic E-state index is 0.166. The molecule has 2 N–H and O–H groups in total. The van der Waals surface area contributed by atoms with Gasteiger partial charge in [0.15, 0.2) is 5.82 Å². The molecule has 0 saturated carbocycles. The van der Waals surface area contributed by atoms with Crippen molar-refractivity contribution in [3.05, 3.63) is 65.5 Å². The van der Waals surface area contributed by atoms with Crippen LogP contribution in [-0.2, 0) is 7.05 Å². The van der Waals surface area contributed by atoms with Gasteiger partial charge in [-0.3, -0.25) is 14.3 Å². The molecular formula is C20H21N5O2. The van der Waals surface area contributed by atoms with Crippen molar-refractivity contribution in [3.63, 3.8) is 0 Å². The Hall–Kier alpha value is -3.48. The zero-order valence-electron chi connectivity index (χ0n) is 15.5. The summed E-state index contributed by atoms with van der Waals surface area (Å²) in [6.07, 6.45) is 1.63. The van der Waals surface area contributed by atoms with E-state index in [4.69, 9.17) is 0 Å². The molecule has 1 aromatic heterocycles. The zero-order valence-corrected chi connectivity index (χ0v) is 15.5. The highest BCUT2D eigenvalue weighted by molar-refractivity contribution is 6.05. The predicted molar refractivity (Wildman–Crippen MR) is 104 cm³/mol. The Morgan fingerprint density at radius 3 is 2.37 bits per heavy atom. The molecule has 2 amide bonds.